The molecular formula is C33H46N4. The lowest BCUT2D eigenvalue weighted by molar-refractivity contribution is 0.550. The van der Waals surface area contributed by atoms with Gasteiger partial charge in [-0.1, -0.05) is 88.4 Å². The van der Waals surface area contributed by atoms with Crippen molar-refractivity contribution in [2.24, 2.45) is 0 Å². The van der Waals surface area contributed by atoms with Crippen LogP contribution < -0.4 is 10.6 Å². The topological polar surface area (TPSA) is 49.8 Å². The first kappa shape index (κ1) is 27.3. The van der Waals surface area contributed by atoms with E-state index in [1.807, 2.05) is 0 Å². The van der Waals surface area contributed by atoms with Crippen LogP contribution in [0.25, 0.3) is 11.3 Å². The van der Waals surface area contributed by atoms with E-state index in [4.69, 9.17) is 9.97 Å². The summed E-state index contributed by atoms with van der Waals surface area (Å²) in [6.45, 7) is 6.71. The standard InChI is InChI=1S/C33H46N4/c1-3-4-5-6-8-13-26(2)33-36-30(17-11-16-27-14-9-7-10-15-27)24-32(37-33)28-19-21-29(22-20-28)35-25-31-18-12-23-34-31/h7,9-10,14-15,19-22,24,26,31,34-35H,3-6,8,11-13,16-18,23,25H2,1-2H3. The average molecular weight is 499 g/mol. The monoisotopic (exact) mass is 498 g/mol. The second-order valence-corrected chi connectivity index (χ2v) is 10.8. The first-order valence-corrected chi connectivity index (χ1v) is 14.7. The molecule has 1 aliphatic rings. The minimum atomic E-state index is 0.384. The molecule has 0 radical (unpaired) electrons. The number of hydrogen-bond donors (Lipinski definition) is 2. The maximum Gasteiger partial charge on any atom is 0.132 e. The lowest BCUT2D eigenvalue weighted by atomic mass is 10.00. The third kappa shape index (κ3) is 8.96. The zero-order valence-corrected chi connectivity index (χ0v) is 23.0. The van der Waals surface area contributed by atoms with Crippen LogP contribution in [0, 0.1) is 0 Å². The molecule has 198 valence electrons. The Kier molecular flexibility index (Phi) is 11.0. The Labute approximate surface area is 224 Å². The van der Waals surface area contributed by atoms with Gasteiger partial charge < -0.3 is 10.6 Å². The highest BCUT2D eigenvalue weighted by molar-refractivity contribution is 5.63. The summed E-state index contributed by atoms with van der Waals surface area (Å²) >= 11 is 0. The number of rotatable bonds is 15. The van der Waals surface area contributed by atoms with Gasteiger partial charge in [0.25, 0.3) is 0 Å². The van der Waals surface area contributed by atoms with Crippen LogP contribution in [0.15, 0.2) is 60.7 Å². The molecule has 2 N–H and O–H groups in total. The number of nitrogens with zero attached hydrogens (tertiary/aromatic N) is 2. The van der Waals surface area contributed by atoms with Crippen LogP contribution in [0.5, 0.6) is 0 Å². The van der Waals surface area contributed by atoms with Gasteiger partial charge >= 0.3 is 0 Å². The van der Waals surface area contributed by atoms with Gasteiger partial charge in [-0.25, -0.2) is 9.97 Å². The minimum Gasteiger partial charge on any atom is -0.383 e. The molecule has 0 spiro atoms. The molecule has 2 aromatic carbocycles. The van der Waals surface area contributed by atoms with Gasteiger partial charge in [0.15, 0.2) is 0 Å². The molecule has 0 aliphatic carbocycles. The maximum absolute atomic E-state index is 5.08. The van der Waals surface area contributed by atoms with Crippen LogP contribution in [0.4, 0.5) is 5.69 Å². The number of anilines is 1. The second kappa shape index (κ2) is 14.9. The minimum absolute atomic E-state index is 0.384. The van der Waals surface area contributed by atoms with E-state index in [1.165, 1.54) is 67.5 Å². The molecule has 3 aromatic rings. The Morgan fingerprint density at radius 2 is 1.73 bits per heavy atom. The second-order valence-electron chi connectivity index (χ2n) is 10.8. The summed E-state index contributed by atoms with van der Waals surface area (Å²) < 4.78 is 0. The molecule has 1 aromatic heterocycles. The summed E-state index contributed by atoms with van der Waals surface area (Å²) in [5.74, 6) is 1.39. The zero-order chi connectivity index (χ0) is 25.7. The van der Waals surface area contributed by atoms with Crippen LogP contribution in [0.3, 0.4) is 0 Å². The highest BCUT2D eigenvalue weighted by atomic mass is 15.0. The van der Waals surface area contributed by atoms with Gasteiger partial charge in [-0.15, -0.1) is 0 Å². The van der Waals surface area contributed by atoms with E-state index < -0.39 is 0 Å². The van der Waals surface area contributed by atoms with Gasteiger partial charge in [0.1, 0.15) is 5.82 Å². The van der Waals surface area contributed by atoms with Crippen molar-refractivity contribution in [3.63, 3.8) is 0 Å². The van der Waals surface area contributed by atoms with Crippen LogP contribution >= 0.6 is 0 Å². The van der Waals surface area contributed by atoms with E-state index in [-0.39, 0.29) is 0 Å². The number of aromatic nitrogens is 2. The molecule has 2 atom stereocenters. The lowest BCUT2D eigenvalue weighted by Gasteiger charge is -2.15. The maximum atomic E-state index is 5.08. The molecule has 4 rings (SSSR count). The number of unbranched alkanes of at least 4 members (excludes halogenated alkanes) is 4. The van der Waals surface area contributed by atoms with Crippen molar-refractivity contribution in [3.05, 3.63) is 77.7 Å². The highest BCUT2D eigenvalue weighted by Crippen LogP contribution is 2.26. The Morgan fingerprint density at radius 1 is 0.919 bits per heavy atom. The van der Waals surface area contributed by atoms with E-state index in [0.717, 1.165) is 50.3 Å². The van der Waals surface area contributed by atoms with Gasteiger partial charge in [0.05, 0.1) is 5.69 Å². The summed E-state index contributed by atoms with van der Waals surface area (Å²) in [7, 11) is 0. The molecule has 0 saturated carbocycles. The summed E-state index contributed by atoms with van der Waals surface area (Å²) in [5.41, 5.74) is 5.97. The molecule has 1 saturated heterocycles. The quantitative estimate of drug-likeness (QED) is 0.209. The van der Waals surface area contributed by atoms with E-state index in [9.17, 15) is 0 Å². The summed E-state index contributed by atoms with van der Waals surface area (Å²) in [5, 5.41) is 7.15. The predicted molar refractivity (Wildman–Crippen MR) is 157 cm³/mol. The highest BCUT2D eigenvalue weighted by Gasteiger charge is 2.15. The molecule has 1 aliphatic heterocycles. The number of benzene rings is 2. The van der Waals surface area contributed by atoms with Crippen LogP contribution in [0.1, 0.15) is 94.6 Å². The zero-order valence-electron chi connectivity index (χ0n) is 23.0. The van der Waals surface area contributed by atoms with Gasteiger partial charge in [0.2, 0.25) is 0 Å². The Morgan fingerprint density at radius 3 is 2.49 bits per heavy atom. The molecule has 4 heteroatoms. The fraction of sp³-hybridized carbons (Fsp3) is 0.515. The van der Waals surface area contributed by atoms with Crippen molar-refractivity contribution in [1.29, 1.82) is 0 Å². The number of aryl methyl sites for hydroxylation is 2. The third-order valence-corrected chi connectivity index (χ3v) is 7.61. The van der Waals surface area contributed by atoms with Gasteiger partial charge in [0, 0.05) is 35.4 Å². The average Bonchev–Trinajstić information content (AvgIpc) is 3.46. The number of hydrogen-bond acceptors (Lipinski definition) is 4. The molecule has 2 unspecified atom stereocenters. The third-order valence-electron chi connectivity index (χ3n) is 7.61. The first-order chi connectivity index (χ1) is 18.2. The van der Waals surface area contributed by atoms with Crippen LogP contribution in [0.2, 0.25) is 0 Å². The van der Waals surface area contributed by atoms with Gasteiger partial charge in [-0.2, -0.15) is 0 Å². The fourth-order valence-electron chi connectivity index (χ4n) is 5.25. The Hall–Kier alpha value is -2.72. The van der Waals surface area contributed by atoms with Crippen molar-refractivity contribution in [3.8, 4) is 11.3 Å². The van der Waals surface area contributed by atoms with Crippen molar-refractivity contribution in [1.82, 2.24) is 15.3 Å². The van der Waals surface area contributed by atoms with E-state index in [2.05, 4.69) is 85.1 Å². The van der Waals surface area contributed by atoms with Gasteiger partial charge in [-0.3, -0.25) is 0 Å². The summed E-state index contributed by atoms with van der Waals surface area (Å²) in [6, 6.07) is 22.4. The van der Waals surface area contributed by atoms with E-state index in [1.54, 1.807) is 0 Å². The summed E-state index contributed by atoms with van der Waals surface area (Å²) in [4.78, 5) is 10.1. The van der Waals surface area contributed by atoms with Crippen LogP contribution in [-0.4, -0.2) is 29.1 Å². The Balaban J connectivity index is 1.44. The van der Waals surface area contributed by atoms with Crippen LogP contribution in [-0.2, 0) is 12.8 Å². The molecule has 1 fully saturated rings. The molecule has 4 nitrogen and oxygen atoms in total. The normalized spacial score (nSPS) is 16.1. The van der Waals surface area contributed by atoms with E-state index in [0.29, 0.717) is 12.0 Å². The largest absolute Gasteiger partial charge is 0.383 e. The van der Waals surface area contributed by atoms with Crippen molar-refractivity contribution >= 4 is 5.69 Å². The molecular weight excluding hydrogens is 452 g/mol. The van der Waals surface area contributed by atoms with Crippen molar-refractivity contribution < 1.29 is 0 Å². The Bertz CT molecular complexity index is 1040. The predicted octanol–water partition coefficient (Wildman–Crippen LogP) is 7.95. The SMILES string of the molecule is CCCCCCCC(C)c1nc(CCCc2ccccc2)cc(-c2ccc(NCC3CCCN3)cc2)n1. The summed E-state index contributed by atoms with van der Waals surface area (Å²) in [6.07, 6.45) is 13.4. The smallest absolute Gasteiger partial charge is 0.132 e. The first-order valence-electron chi connectivity index (χ1n) is 14.7. The molecule has 0 amide bonds. The van der Waals surface area contributed by atoms with Crippen molar-refractivity contribution in [2.75, 3.05) is 18.4 Å². The number of nitrogens with one attached hydrogen (secondary N) is 2. The van der Waals surface area contributed by atoms with Crippen molar-refractivity contribution in [2.45, 2.75) is 96.4 Å². The molecule has 37 heavy (non-hydrogen) atoms. The van der Waals surface area contributed by atoms with Gasteiger partial charge in [-0.05, 0) is 68.8 Å². The molecule has 0 bridgehead atoms. The van der Waals surface area contributed by atoms with E-state index >= 15 is 0 Å². The molecule has 2 heterocycles. The lowest BCUT2D eigenvalue weighted by Crippen LogP contribution is -2.29. The fourth-order valence-corrected chi connectivity index (χ4v) is 5.25.